The van der Waals surface area contributed by atoms with E-state index in [1.54, 1.807) is 24.3 Å². The van der Waals surface area contributed by atoms with Crippen LogP contribution in [0.5, 0.6) is 0 Å². The molecule has 1 aliphatic rings. The van der Waals surface area contributed by atoms with E-state index in [4.69, 9.17) is 0 Å². The van der Waals surface area contributed by atoms with Gasteiger partial charge < -0.3 is 0 Å². The second-order valence-corrected chi connectivity index (χ2v) is 7.05. The highest BCUT2D eigenvalue weighted by Gasteiger charge is 2.20. The minimum absolute atomic E-state index is 0.191. The highest BCUT2D eigenvalue weighted by atomic mass is 32.2. The van der Waals surface area contributed by atoms with E-state index < -0.39 is 10.0 Å². The number of nitrogens with one attached hydrogen (secondary N) is 1. The molecule has 0 amide bonds. The van der Waals surface area contributed by atoms with Crippen LogP contribution in [0.4, 0.5) is 5.69 Å². The number of hydrogen-bond donors (Lipinski definition) is 1. The fourth-order valence-electron chi connectivity index (χ4n) is 2.84. The third kappa shape index (κ3) is 2.70. The average Bonchev–Trinajstić information content (AvgIpc) is 2.55. The van der Waals surface area contributed by atoms with Gasteiger partial charge in [0.15, 0.2) is 0 Å². The van der Waals surface area contributed by atoms with Crippen LogP contribution in [0.25, 0.3) is 0 Å². The first kappa shape index (κ1) is 14.6. The van der Waals surface area contributed by atoms with Gasteiger partial charge in [-0.2, -0.15) is 5.26 Å². The van der Waals surface area contributed by atoms with Crippen molar-refractivity contribution in [2.75, 3.05) is 4.72 Å². The summed E-state index contributed by atoms with van der Waals surface area (Å²) in [5, 5.41) is 9.46. The Morgan fingerprint density at radius 1 is 1.00 bits per heavy atom. The number of rotatable bonds is 3. The van der Waals surface area contributed by atoms with Gasteiger partial charge in [0.05, 0.1) is 16.1 Å². The zero-order chi connectivity index (χ0) is 15.6. The molecule has 0 saturated heterocycles. The fraction of sp³-hybridized carbons (Fsp3) is 0.235. The molecule has 112 valence electrons. The standard InChI is InChI=1S/C17H16N2O2S/c18-12-16-15-9-5-4-6-13(15)10-11-17(16)19-22(20,21)14-7-2-1-3-8-14/h1-3,7-8,10-11,19H,4-6,9H2. The Labute approximate surface area is 130 Å². The molecule has 0 aliphatic heterocycles. The van der Waals surface area contributed by atoms with E-state index in [2.05, 4.69) is 10.8 Å². The van der Waals surface area contributed by atoms with E-state index in [1.807, 2.05) is 6.07 Å². The summed E-state index contributed by atoms with van der Waals surface area (Å²) >= 11 is 0. The maximum absolute atomic E-state index is 12.4. The minimum Gasteiger partial charge on any atom is -0.278 e. The SMILES string of the molecule is N#Cc1c(NS(=O)(=O)c2ccccc2)ccc2c1CCCC2. The Morgan fingerprint density at radius 2 is 1.73 bits per heavy atom. The van der Waals surface area contributed by atoms with Crippen LogP contribution in [-0.4, -0.2) is 8.42 Å². The van der Waals surface area contributed by atoms with E-state index in [-0.39, 0.29) is 4.90 Å². The zero-order valence-electron chi connectivity index (χ0n) is 12.0. The number of fused-ring (bicyclic) bond motifs is 1. The Kier molecular flexibility index (Phi) is 3.86. The first-order valence-corrected chi connectivity index (χ1v) is 8.73. The smallest absolute Gasteiger partial charge is 0.261 e. The fourth-order valence-corrected chi connectivity index (χ4v) is 3.94. The molecule has 0 radical (unpaired) electrons. The average molecular weight is 312 g/mol. The van der Waals surface area contributed by atoms with Crippen molar-refractivity contribution in [1.29, 1.82) is 5.26 Å². The van der Waals surface area contributed by atoms with Crippen molar-refractivity contribution in [2.45, 2.75) is 30.6 Å². The van der Waals surface area contributed by atoms with Crippen molar-refractivity contribution >= 4 is 15.7 Å². The quantitative estimate of drug-likeness (QED) is 0.946. The monoisotopic (exact) mass is 312 g/mol. The lowest BCUT2D eigenvalue weighted by Gasteiger charge is -2.19. The van der Waals surface area contributed by atoms with Gasteiger partial charge in [-0.05, 0) is 55.0 Å². The van der Waals surface area contributed by atoms with Gasteiger partial charge >= 0.3 is 0 Å². The molecule has 5 heteroatoms. The lowest BCUT2D eigenvalue weighted by atomic mass is 9.88. The highest BCUT2D eigenvalue weighted by molar-refractivity contribution is 7.92. The molecule has 22 heavy (non-hydrogen) atoms. The van der Waals surface area contributed by atoms with Gasteiger partial charge in [-0.3, -0.25) is 4.72 Å². The van der Waals surface area contributed by atoms with Crippen LogP contribution in [-0.2, 0) is 22.9 Å². The van der Waals surface area contributed by atoms with Crippen molar-refractivity contribution in [1.82, 2.24) is 0 Å². The van der Waals surface area contributed by atoms with Gasteiger partial charge in [0.1, 0.15) is 6.07 Å². The van der Waals surface area contributed by atoms with Crippen LogP contribution in [0.15, 0.2) is 47.4 Å². The van der Waals surface area contributed by atoms with Crippen LogP contribution < -0.4 is 4.72 Å². The van der Waals surface area contributed by atoms with Crippen LogP contribution in [0, 0.1) is 11.3 Å². The normalized spacial score (nSPS) is 14.0. The topological polar surface area (TPSA) is 70.0 Å². The molecular weight excluding hydrogens is 296 g/mol. The molecule has 2 aromatic carbocycles. The van der Waals surface area contributed by atoms with Crippen LogP contribution >= 0.6 is 0 Å². The van der Waals surface area contributed by atoms with Crippen molar-refractivity contribution < 1.29 is 8.42 Å². The predicted molar refractivity (Wildman–Crippen MR) is 85.0 cm³/mol. The Morgan fingerprint density at radius 3 is 2.45 bits per heavy atom. The van der Waals surface area contributed by atoms with Crippen LogP contribution in [0.1, 0.15) is 29.5 Å². The number of benzene rings is 2. The summed E-state index contributed by atoms with van der Waals surface area (Å²) in [6.07, 6.45) is 3.94. The molecule has 0 spiro atoms. The van der Waals surface area contributed by atoms with Crippen molar-refractivity contribution in [3.05, 3.63) is 59.2 Å². The van der Waals surface area contributed by atoms with Crippen molar-refractivity contribution in [3.8, 4) is 6.07 Å². The summed E-state index contributed by atoms with van der Waals surface area (Å²) < 4.78 is 27.4. The van der Waals surface area contributed by atoms with Crippen molar-refractivity contribution in [2.24, 2.45) is 0 Å². The molecule has 0 saturated carbocycles. The number of nitriles is 1. The summed E-state index contributed by atoms with van der Waals surface area (Å²) in [5.41, 5.74) is 2.97. The second-order valence-electron chi connectivity index (χ2n) is 5.36. The molecule has 1 aliphatic carbocycles. The number of aryl methyl sites for hydroxylation is 1. The maximum Gasteiger partial charge on any atom is 0.261 e. The molecule has 0 fully saturated rings. The predicted octanol–water partition coefficient (Wildman–Crippen LogP) is 3.24. The molecule has 2 aromatic rings. The molecule has 1 N–H and O–H groups in total. The number of sulfonamides is 1. The summed E-state index contributed by atoms with van der Waals surface area (Å²) in [5.74, 6) is 0. The van der Waals surface area contributed by atoms with Gasteiger partial charge in [0, 0.05) is 0 Å². The lowest BCUT2D eigenvalue weighted by molar-refractivity contribution is 0.601. The third-order valence-corrected chi connectivity index (χ3v) is 5.32. The summed E-state index contributed by atoms with van der Waals surface area (Å²) in [4.78, 5) is 0.191. The van der Waals surface area contributed by atoms with E-state index in [1.165, 1.54) is 12.1 Å². The summed E-state index contributed by atoms with van der Waals surface area (Å²) in [6.45, 7) is 0. The second kappa shape index (κ2) is 5.82. The largest absolute Gasteiger partial charge is 0.278 e. The molecule has 4 nitrogen and oxygen atoms in total. The number of hydrogen-bond acceptors (Lipinski definition) is 3. The van der Waals surface area contributed by atoms with Gasteiger partial charge in [0.25, 0.3) is 10.0 Å². The van der Waals surface area contributed by atoms with Crippen molar-refractivity contribution in [3.63, 3.8) is 0 Å². The van der Waals surface area contributed by atoms with Gasteiger partial charge in [-0.25, -0.2) is 8.42 Å². The third-order valence-electron chi connectivity index (χ3n) is 3.94. The van der Waals surface area contributed by atoms with E-state index in [0.29, 0.717) is 11.3 Å². The lowest BCUT2D eigenvalue weighted by Crippen LogP contribution is -2.15. The first-order valence-electron chi connectivity index (χ1n) is 7.24. The number of nitrogens with zero attached hydrogens (tertiary/aromatic N) is 1. The summed E-state index contributed by atoms with van der Waals surface area (Å²) in [7, 11) is -3.67. The molecular formula is C17H16N2O2S. The Hall–Kier alpha value is -2.32. The molecule has 3 rings (SSSR count). The highest BCUT2D eigenvalue weighted by Crippen LogP contribution is 2.30. The van der Waals surface area contributed by atoms with Gasteiger partial charge in [-0.15, -0.1) is 0 Å². The van der Waals surface area contributed by atoms with Crippen LogP contribution in [0.3, 0.4) is 0 Å². The van der Waals surface area contributed by atoms with E-state index in [0.717, 1.165) is 36.8 Å². The molecule has 0 unspecified atom stereocenters. The first-order chi connectivity index (χ1) is 10.6. The van der Waals surface area contributed by atoms with Gasteiger partial charge in [-0.1, -0.05) is 24.3 Å². The molecule has 0 aromatic heterocycles. The van der Waals surface area contributed by atoms with E-state index >= 15 is 0 Å². The molecule has 0 atom stereocenters. The number of anilines is 1. The van der Waals surface area contributed by atoms with Crippen LogP contribution in [0.2, 0.25) is 0 Å². The van der Waals surface area contributed by atoms with E-state index in [9.17, 15) is 13.7 Å². The molecule has 0 bridgehead atoms. The molecule has 0 heterocycles. The van der Waals surface area contributed by atoms with Gasteiger partial charge in [0.2, 0.25) is 0 Å². The minimum atomic E-state index is -3.67. The Bertz CT molecular complexity index is 837. The zero-order valence-corrected chi connectivity index (χ0v) is 12.9. The Balaban J connectivity index is 2.02. The maximum atomic E-state index is 12.4. The summed E-state index contributed by atoms with van der Waals surface area (Å²) in [6, 6.07) is 14.0.